The largest absolute Gasteiger partial charge is 0.291 e. The Labute approximate surface area is 69.5 Å². The van der Waals surface area contributed by atoms with Crippen LogP contribution in [-0.4, -0.2) is 6.29 Å². The molecule has 0 atom stereocenters. The number of rotatable bonds is 7. The third-order valence-corrected chi connectivity index (χ3v) is 1.54. The molecule has 0 fully saturated rings. The highest BCUT2D eigenvalue weighted by molar-refractivity contribution is 5.50. The van der Waals surface area contributed by atoms with Crippen LogP contribution in [0.25, 0.3) is 0 Å². The van der Waals surface area contributed by atoms with Crippen molar-refractivity contribution in [2.45, 2.75) is 45.4 Å². The normalized spacial score (nSPS) is 10.6. The van der Waals surface area contributed by atoms with Crippen molar-refractivity contribution in [3.63, 3.8) is 0 Å². The first-order chi connectivity index (χ1) is 5.41. The van der Waals surface area contributed by atoms with Crippen molar-refractivity contribution in [3.05, 3.63) is 12.2 Å². The number of hydrogen-bond donors (Lipinski definition) is 0. The molecule has 0 saturated heterocycles. The SMILES string of the molecule is CCCCC=CCCC[C]=O. The number of carbonyl (C=O) groups excluding carboxylic acids is 1. The molecule has 0 amide bonds. The molecule has 0 aliphatic carbocycles. The Morgan fingerprint density at radius 2 is 1.82 bits per heavy atom. The summed E-state index contributed by atoms with van der Waals surface area (Å²) in [5, 5.41) is 0. The highest BCUT2D eigenvalue weighted by Crippen LogP contribution is 1.98. The van der Waals surface area contributed by atoms with E-state index in [1.807, 2.05) is 6.29 Å². The van der Waals surface area contributed by atoms with Gasteiger partial charge in [-0.25, -0.2) is 0 Å². The molecule has 0 aromatic carbocycles. The molecule has 1 nitrogen and oxygen atoms in total. The van der Waals surface area contributed by atoms with Crippen molar-refractivity contribution in [3.8, 4) is 0 Å². The van der Waals surface area contributed by atoms with Gasteiger partial charge in [-0.15, -0.1) is 0 Å². The summed E-state index contributed by atoms with van der Waals surface area (Å²) in [7, 11) is 0. The molecule has 0 unspecified atom stereocenters. The van der Waals surface area contributed by atoms with E-state index in [0.29, 0.717) is 6.42 Å². The molecule has 1 heteroatoms. The first-order valence-electron chi connectivity index (χ1n) is 4.41. The Balaban J connectivity index is 2.97. The fourth-order valence-electron chi connectivity index (χ4n) is 0.850. The van der Waals surface area contributed by atoms with E-state index in [1.165, 1.54) is 19.3 Å². The van der Waals surface area contributed by atoms with Crippen molar-refractivity contribution < 1.29 is 4.79 Å². The van der Waals surface area contributed by atoms with Crippen LogP contribution >= 0.6 is 0 Å². The zero-order chi connectivity index (χ0) is 8.36. The van der Waals surface area contributed by atoms with Gasteiger partial charge in [-0.1, -0.05) is 31.9 Å². The van der Waals surface area contributed by atoms with Crippen LogP contribution in [0.2, 0.25) is 0 Å². The van der Waals surface area contributed by atoms with E-state index in [4.69, 9.17) is 0 Å². The summed E-state index contributed by atoms with van der Waals surface area (Å²) in [5.41, 5.74) is 0. The van der Waals surface area contributed by atoms with E-state index in [2.05, 4.69) is 19.1 Å². The maximum atomic E-state index is 9.79. The zero-order valence-corrected chi connectivity index (χ0v) is 7.31. The number of allylic oxidation sites excluding steroid dienone is 2. The van der Waals surface area contributed by atoms with Gasteiger partial charge in [-0.2, -0.15) is 0 Å². The van der Waals surface area contributed by atoms with Crippen LogP contribution in [0.4, 0.5) is 0 Å². The molecule has 0 aliphatic heterocycles. The fourth-order valence-corrected chi connectivity index (χ4v) is 0.850. The van der Waals surface area contributed by atoms with Crippen LogP contribution in [0.1, 0.15) is 45.4 Å². The zero-order valence-electron chi connectivity index (χ0n) is 7.31. The average Bonchev–Trinajstić information content (AvgIpc) is 2.03. The molecule has 11 heavy (non-hydrogen) atoms. The molecule has 0 rings (SSSR count). The van der Waals surface area contributed by atoms with E-state index in [9.17, 15) is 4.79 Å². The summed E-state index contributed by atoms with van der Waals surface area (Å²) >= 11 is 0. The lowest BCUT2D eigenvalue weighted by molar-refractivity contribution is 0.549. The first kappa shape index (κ1) is 10.4. The van der Waals surface area contributed by atoms with Gasteiger partial charge in [-0.05, 0) is 19.3 Å². The molecule has 1 radical (unpaired) electrons. The minimum atomic E-state index is 0.581. The summed E-state index contributed by atoms with van der Waals surface area (Å²) in [6, 6.07) is 0. The first-order valence-corrected chi connectivity index (χ1v) is 4.41. The van der Waals surface area contributed by atoms with Gasteiger partial charge in [0, 0.05) is 6.42 Å². The van der Waals surface area contributed by atoms with Crippen LogP contribution in [0.15, 0.2) is 12.2 Å². The highest BCUT2D eigenvalue weighted by Gasteiger charge is 1.82. The molecule has 63 valence electrons. The molecule has 0 bridgehead atoms. The Morgan fingerprint density at radius 3 is 2.36 bits per heavy atom. The highest BCUT2D eigenvalue weighted by atomic mass is 16.1. The van der Waals surface area contributed by atoms with Gasteiger partial charge < -0.3 is 0 Å². The van der Waals surface area contributed by atoms with Crippen LogP contribution < -0.4 is 0 Å². The van der Waals surface area contributed by atoms with Gasteiger partial charge in [-0.3, -0.25) is 4.79 Å². The lowest BCUT2D eigenvalue weighted by atomic mass is 10.2. The second-order valence-electron chi connectivity index (χ2n) is 2.65. The minimum Gasteiger partial charge on any atom is -0.291 e. The van der Waals surface area contributed by atoms with Crippen molar-refractivity contribution in [1.82, 2.24) is 0 Å². The van der Waals surface area contributed by atoms with E-state index in [1.54, 1.807) is 0 Å². The summed E-state index contributed by atoms with van der Waals surface area (Å²) in [4.78, 5) is 9.79. The maximum Gasteiger partial charge on any atom is 0.198 e. The maximum absolute atomic E-state index is 9.79. The molecule has 0 aliphatic rings. The smallest absolute Gasteiger partial charge is 0.198 e. The van der Waals surface area contributed by atoms with Gasteiger partial charge in [0.05, 0.1) is 0 Å². The predicted octanol–water partition coefficient (Wildman–Crippen LogP) is 3.01. The quantitative estimate of drug-likeness (QED) is 0.406. The standard InChI is InChI=1S/C10H17O/c1-2-3-4-5-6-7-8-9-10-11/h5-6H,2-4,7-9H2,1H3. The molecule has 0 heterocycles. The monoisotopic (exact) mass is 153 g/mol. The van der Waals surface area contributed by atoms with Gasteiger partial charge in [0.15, 0.2) is 6.29 Å². The predicted molar refractivity (Wildman–Crippen MR) is 48.2 cm³/mol. The fraction of sp³-hybridized carbons (Fsp3) is 0.700. The van der Waals surface area contributed by atoms with Crippen LogP contribution in [0, 0.1) is 0 Å². The number of unbranched alkanes of at least 4 members (excludes halogenated alkanes) is 4. The molecule has 0 N–H and O–H groups in total. The van der Waals surface area contributed by atoms with Crippen molar-refractivity contribution in [2.24, 2.45) is 0 Å². The topological polar surface area (TPSA) is 17.1 Å². The molecule has 0 saturated carbocycles. The van der Waals surface area contributed by atoms with Gasteiger partial charge in [0.1, 0.15) is 0 Å². The molecule has 0 aromatic rings. The van der Waals surface area contributed by atoms with Crippen molar-refractivity contribution in [1.29, 1.82) is 0 Å². The minimum absolute atomic E-state index is 0.581. The molecule has 0 aromatic heterocycles. The third-order valence-electron chi connectivity index (χ3n) is 1.54. The second kappa shape index (κ2) is 9.41. The number of hydrogen-bond acceptors (Lipinski definition) is 1. The molecular weight excluding hydrogens is 136 g/mol. The lowest BCUT2D eigenvalue weighted by Gasteiger charge is -1.88. The van der Waals surface area contributed by atoms with E-state index < -0.39 is 0 Å². The summed E-state index contributed by atoms with van der Waals surface area (Å²) < 4.78 is 0. The summed E-state index contributed by atoms with van der Waals surface area (Å²) in [6.07, 6.45) is 12.5. The van der Waals surface area contributed by atoms with E-state index >= 15 is 0 Å². The lowest BCUT2D eigenvalue weighted by Crippen LogP contribution is -1.73. The summed E-state index contributed by atoms with van der Waals surface area (Å²) in [6.45, 7) is 2.19. The van der Waals surface area contributed by atoms with Gasteiger partial charge >= 0.3 is 0 Å². The van der Waals surface area contributed by atoms with Crippen molar-refractivity contribution >= 4 is 6.29 Å². The van der Waals surface area contributed by atoms with Crippen molar-refractivity contribution in [2.75, 3.05) is 0 Å². The molecular formula is C10H17O. The Hall–Kier alpha value is -0.590. The Morgan fingerprint density at radius 1 is 1.18 bits per heavy atom. The molecule has 0 spiro atoms. The third kappa shape index (κ3) is 9.41. The van der Waals surface area contributed by atoms with E-state index in [0.717, 1.165) is 12.8 Å². The van der Waals surface area contributed by atoms with E-state index in [-0.39, 0.29) is 0 Å². The van der Waals surface area contributed by atoms with Crippen LogP contribution in [0.3, 0.4) is 0 Å². The van der Waals surface area contributed by atoms with Crippen LogP contribution in [-0.2, 0) is 4.79 Å². The van der Waals surface area contributed by atoms with Gasteiger partial charge in [0.25, 0.3) is 0 Å². The Bertz CT molecular complexity index is 105. The van der Waals surface area contributed by atoms with Gasteiger partial charge in [0.2, 0.25) is 0 Å². The summed E-state index contributed by atoms with van der Waals surface area (Å²) in [5.74, 6) is 0. The average molecular weight is 153 g/mol. The Kier molecular flexibility index (Phi) is 8.91. The second-order valence-corrected chi connectivity index (χ2v) is 2.65. The van der Waals surface area contributed by atoms with Crippen LogP contribution in [0.5, 0.6) is 0 Å².